The molecule has 12 heteroatoms. The monoisotopic (exact) mass is 391 g/mol. The van der Waals surface area contributed by atoms with Crippen LogP contribution in [0.2, 0.25) is 0 Å². The molecule has 1 atom stereocenters. The topological polar surface area (TPSA) is 108 Å². The first kappa shape index (κ1) is 20.3. The Labute approximate surface area is 149 Å². The Kier molecular flexibility index (Phi) is 6.10. The van der Waals surface area contributed by atoms with Crippen LogP contribution in [0.1, 0.15) is 12.8 Å². The van der Waals surface area contributed by atoms with Gasteiger partial charge in [0, 0.05) is 18.9 Å². The van der Waals surface area contributed by atoms with E-state index in [0.29, 0.717) is 0 Å². The first-order valence-electron chi connectivity index (χ1n) is 7.44. The molecule has 0 aromatic heterocycles. The molecule has 1 aliphatic heterocycles. The highest BCUT2D eigenvalue weighted by atomic mass is 19.2. The number of methoxy groups -OCH3 is 1. The standard InChI is InChI=1S/C15H13F4N3O5/c1-27-15(26)9(5-23)20-14(25)8-2-3-10(24)22(21-8)13-11(18)6(16)4-7(17)12(13)19/h4,9,23H,2-3,5H2,1H3,(H,20,25)/t9-/m0/s1. The van der Waals surface area contributed by atoms with Gasteiger partial charge >= 0.3 is 5.97 Å². The summed E-state index contributed by atoms with van der Waals surface area (Å²) in [5.41, 5.74) is -1.87. The van der Waals surface area contributed by atoms with Crippen molar-refractivity contribution in [2.75, 3.05) is 18.7 Å². The minimum atomic E-state index is -1.87. The minimum absolute atomic E-state index is 0.0396. The van der Waals surface area contributed by atoms with E-state index in [1.165, 1.54) is 0 Å². The second-order valence-electron chi connectivity index (χ2n) is 5.30. The molecule has 146 valence electrons. The normalized spacial score (nSPS) is 15.3. The summed E-state index contributed by atoms with van der Waals surface area (Å²) in [5.74, 6) is -10.3. The zero-order valence-corrected chi connectivity index (χ0v) is 13.8. The van der Waals surface area contributed by atoms with Gasteiger partial charge in [0.2, 0.25) is 5.91 Å². The molecule has 0 saturated carbocycles. The van der Waals surface area contributed by atoms with Crippen LogP contribution >= 0.6 is 0 Å². The third kappa shape index (κ3) is 4.05. The molecule has 0 bridgehead atoms. The first-order valence-corrected chi connectivity index (χ1v) is 7.44. The summed E-state index contributed by atoms with van der Waals surface area (Å²) < 4.78 is 58.9. The number of aliphatic hydroxyl groups excluding tert-OH is 1. The number of nitrogens with zero attached hydrogens (tertiary/aromatic N) is 2. The highest BCUT2D eigenvalue weighted by Crippen LogP contribution is 2.30. The summed E-state index contributed by atoms with van der Waals surface area (Å²) in [6.45, 7) is -0.813. The lowest BCUT2D eigenvalue weighted by atomic mass is 10.1. The van der Waals surface area contributed by atoms with Gasteiger partial charge in [-0.3, -0.25) is 9.59 Å². The van der Waals surface area contributed by atoms with E-state index in [0.717, 1.165) is 7.11 Å². The fourth-order valence-electron chi connectivity index (χ4n) is 2.20. The van der Waals surface area contributed by atoms with Gasteiger partial charge in [0.1, 0.15) is 11.4 Å². The Morgan fingerprint density at radius 3 is 2.37 bits per heavy atom. The van der Waals surface area contributed by atoms with E-state index < -0.39 is 71.5 Å². The second kappa shape index (κ2) is 8.12. The molecule has 1 aromatic carbocycles. The second-order valence-corrected chi connectivity index (χ2v) is 5.30. The maximum absolute atomic E-state index is 13.9. The summed E-state index contributed by atoms with van der Waals surface area (Å²) in [4.78, 5) is 35.4. The maximum Gasteiger partial charge on any atom is 0.330 e. The van der Waals surface area contributed by atoms with Gasteiger partial charge in [0.25, 0.3) is 5.91 Å². The Hall–Kier alpha value is -3.02. The number of halogens is 4. The van der Waals surface area contributed by atoms with Crippen molar-refractivity contribution in [3.05, 3.63) is 29.3 Å². The van der Waals surface area contributed by atoms with E-state index >= 15 is 0 Å². The van der Waals surface area contributed by atoms with Gasteiger partial charge in [-0.15, -0.1) is 0 Å². The fraction of sp³-hybridized carbons (Fsp3) is 0.333. The smallest absolute Gasteiger partial charge is 0.330 e. The number of amides is 2. The van der Waals surface area contributed by atoms with E-state index in [1.807, 2.05) is 0 Å². The summed E-state index contributed by atoms with van der Waals surface area (Å²) in [6, 6.07) is -1.49. The SMILES string of the molecule is COC(=O)[C@H](CO)NC(=O)C1=NN(c2c(F)c(F)cc(F)c2F)C(=O)CC1. The van der Waals surface area contributed by atoms with Gasteiger partial charge in [-0.1, -0.05) is 0 Å². The Morgan fingerprint density at radius 2 is 1.85 bits per heavy atom. The fourth-order valence-corrected chi connectivity index (χ4v) is 2.20. The Morgan fingerprint density at radius 1 is 1.26 bits per heavy atom. The number of hydrogen-bond acceptors (Lipinski definition) is 6. The largest absolute Gasteiger partial charge is 0.467 e. The van der Waals surface area contributed by atoms with Crippen LogP contribution in [0.15, 0.2) is 11.2 Å². The number of ether oxygens (including phenoxy) is 1. The van der Waals surface area contributed by atoms with Crippen molar-refractivity contribution in [1.29, 1.82) is 0 Å². The maximum atomic E-state index is 13.9. The number of aliphatic hydroxyl groups is 1. The van der Waals surface area contributed by atoms with E-state index in [-0.39, 0.29) is 17.5 Å². The Balaban J connectivity index is 2.39. The predicted molar refractivity (Wildman–Crippen MR) is 81.5 cm³/mol. The van der Waals surface area contributed by atoms with Crippen LogP contribution in [0.4, 0.5) is 23.2 Å². The zero-order chi connectivity index (χ0) is 20.3. The van der Waals surface area contributed by atoms with Crippen LogP contribution in [0.3, 0.4) is 0 Å². The molecule has 1 aliphatic rings. The number of anilines is 1. The van der Waals surface area contributed by atoms with Gasteiger partial charge in [0.15, 0.2) is 29.3 Å². The average Bonchev–Trinajstić information content (AvgIpc) is 2.65. The summed E-state index contributed by atoms with van der Waals surface area (Å²) >= 11 is 0. The van der Waals surface area contributed by atoms with Crippen LogP contribution in [0, 0.1) is 23.3 Å². The molecule has 27 heavy (non-hydrogen) atoms. The van der Waals surface area contributed by atoms with Crippen LogP contribution < -0.4 is 10.3 Å². The van der Waals surface area contributed by atoms with E-state index in [2.05, 4.69) is 15.2 Å². The summed E-state index contributed by atoms with van der Waals surface area (Å²) in [5, 5.41) is 14.6. The number of carbonyl (C=O) groups excluding carboxylic acids is 3. The van der Waals surface area contributed by atoms with Crippen molar-refractivity contribution >= 4 is 29.2 Å². The van der Waals surface area contributed by atoms with Crippen molar-refractivity contribution in [3.63, 3.8) is 0 Å². The molecule has 2 N–H and O–H groups in total. The molecular formula is C15H13F4N3O5. The third-order valence-corrected chi connectivity index (χ3v) is 3.57. The van der Waals surface area contributed by atoms with Gasteiger partial charge in [-0.05, 0) is 0 Å². The van der Waals surface area contributed by atoms with Gasteiger partial charge in [0.05, 0.1) is 13.7 Å². The number of hydrogen-bond donors (Lipinski definition) is 2. The van der Waals surface area contributed by atoms with Gasteiger partial charge in [-0.2, -0.15) is 10.1 Å². The Bertz CT molecular complexity index is 804. The molecule has 0 aliphatic carbocycles. The molecule has 0 unspecified atom stereocenters. The molecule has 1 aromatic rings. The van der Waals surface area contributed by atoms with E-state index in [9.17, 15) is 31.9 Å². The molecule has 0 fully saturated rings. The number of benzene rings is 1. The lowest BCUT2D eigenvalue weighted by Gasteiger charge is -2.24. The summed E-state index contributed by atoms with van der Waals surface area (Å²) in [6.07, 6.45) is -0.729. The van der Waals surface area contributed by atoms with Crippen LogP contribution in [0.25, 0.3) is 0 Å². The van der Waals surface area contributed by atoms with Gasteiger partial charge in [-0.25, -0.2) is 22.4 Å². The molecule has 1 heterocycles. The van der Waals surface area contributed by atoms with Crippen molar-refractivity contribution in [1.82, 2.24) is 5.32 Å². The molecule has 0 spiro atoms. The summed E-state index contributed by atoms with van der Waals surface area (Å²) in [7, 11) is 1.01. The molecular weight excluding hydrogens is 378 g/mol. The zero-order valence-electron chi connectivity index (χ0n) is 13.8. The molecule has 2 amide bonds. The highest BCUT2D eigenvalue weighted by Gasteiger charge is 2.33. The highest BCUT2D eigenvalue weighted by molar-refractivity contribution is 6.40. The lowest BCUT2D eigenvalue weighted by Crippen LogP contribution is -2.48. The van der Waals surface area contributed by atoms with Crippen molar-refractivity contribution in [3.8, 4) is 0 Å². The lowest BCUT2D eigenvalue weighted by molar-refractivity contribution is -0.145. The predicted octanol–water partition coefficient (Wildman–Crippen LogP) is 0.376. The molecule has 0 saturated heterocycles. The number of esters is 1. The number of hydrazone groups is 1. The van der Waals surface area contributed by atoms with E-state index in [1.54, 1.807) is 0 Å². The number of carbonyl (C=O) groups is 3. The quantitative estimate of drug-likeness (QED) is 0.429. The molecule has 0 radical (unpaired) electrons. The van der Waals surface area contributed by atoms with Gasteiger partial charge < -0.3 is 15.2 Å². The minimum Gasteiger partial charge on any atom is -0.467 e. The van der Waals surface area contributed by atoms with E-state index in [4.69, 9.17) is 5.11 Å². The number of nitrogens with one attached hydrogen (secondary N) is 1. The average molecular weight is 391 g/mol. The molecule has 2 rings (SSSR count). The van der Waals surface area contributed by atoms with Crippen LogP contribution in [-0.2, 0) is 19.1 Å². The first-order chi connectivity index (χ1) is 12.7. The third-order valence-electron chi connectivity index (χ3n) is 3.57. The van der Waals surface area contributed by atoms with Crippen molar-refractivity contribution < 1.29 is 41.8 Å². The van der Waals surface area contributed by atoms with Crippen molar-refractivity contribution in [2.24, 2.45) is 5.10 Å². The van der Waals surface area contributed by atoms with Crippen LogP contribution in [0.5, 0.6) is 0 Å². The van der Waals surface area contributed by atoms with Crippen molar-refractivity contribution in [2.45, 2.75) is 18.9 Å². The van der Waals surface area contributed by atoms with Crippen LogP contribution in [-0.4, -0.2) is 48.4 Å². The number of rotatable bonds is 5. The molecule has 8 nitrogen and oxygen atoms in total.